The maximum Gasteiger partial charge on any atom is 0.340 e. The molecule has 0 radical (unpaired) electrons. The Hall–Kier alpha value is -2.11. The third-order valence-electron chi connectivity index (χ3n) is 2.58. The lowest BCUT2D eigenvalue weighted by Gasteiger charge is -2.17. The van der Waals surface area contributed by atoms with Crippen LogP contribution < -0.4 is 9.47 Å². The van der Waals surface area contributed by atoms with Crippen molar-refractivity contribution in [2.24, 2.45) is 0 Å². The molecule has 0 aromatic heterocycles. The topological polar surface area (TPSA) is 96.2 Å². The van der Waals surface area contributed by atoms with Crippen LogP contribution in [0, 0.1) is 0 Å². The molecule has 0 spiro atoms. The van der Waals surface area contributed by atoms with E-state index in [1.54, 1.807) is 0 Å². The van der Waals surface area contributed by atoms with Gasteiger partial charge in [0.15, 0.2) is 11.5 Å². The third kappa shape index (κ3) is 2.13. The van der Waals surface area contributed by atoms with Gasteiger partial charge in [-0.3, -0.25) is 0 Å². The summed E-state index contributed by atoms with van der Waals surface area (Å²) in [7, 11) is 2.65. The number of hydrogen-bond donors (Lipinski definition) is 3. The van der Waals surface area contributed by atoms with E-state index in [2.05, 4.69) is 0 Å². The lowest BCUT2D eigenvalue weighted by atomic mass is 9.99. The van der Waals surface area contributed by atoms with Gasteiger partial charge in [0, 0.05) is 5.56 Å². The van der Waals surface area contributed by atoms with Crippen LogP contribution in [0.1, 0.15) is 29.3 Å². The van der Waals surface area contributed by atoms with Crippen LogP contribution in [0.3, 0.4) is 0 Å². The molecule has 0 saturated carbocycles. The molecule has 1 aromatic rings. The third-order valence-corrected chi connectivity index (χ3v) is 2.58. The normalized spacial score (nSPS) is 10.2. The summed E-state index contributed by atoms with van der Waals surface area (Å²) in [5.74, 6) is -2.60. The number of ether oxygens (including phenoxy) is 2. The average molecular weight is 256 g/mol. The first-order chi connectivity index (χ1) is 8.49. The molecule has 0 saturated heterocycles. The second-order valence-corrected chi connectivity index (χ2v) is 3.67. The van der Waals surface area contributed by atoms with Crippen LogP contribution in [0.4, 0.5) is 0 Å². The predicted molar refractivity (Wildman–Crippen MR) is 63.8 cm³/mol. The van der Waals surface area contributed by atoms with E-state index in [0.717, 1.165) is 0 Å². The van der Waals surface area contributed by atoms with Gasteiger partial charge in [-0.25, -0.2) is 4.79 Å². The van der Waals surface area contributed by atoms with Gasteiger partial charge >= 0.3 is 5.97 Å². The molecule has 3 N–H and O–H groups in total. The highest BCUT2D eigenvalue weighted by Crippen LogP contribution is 2.48. The highest BCUT2D eigenvalue weighted by atomic mass is 16.5. The van der Waals surface area contributed by atoms with Crippen molar-refractivity contribution in [2.75, 3.05) is 14.2 Å². The molecule has 0 aliphatic rings. The summed E-state index contributed by atoms with van der Waals surface area (Å²) in [6, 6.07) is 0. The van der Waals surface area contributed by atoms with Gasteiger partial charge in [-0.2, -0.15) is 0 Å². The van der Waals surface area contributed by atoms with Crippen LogP contribution in [-0.2, 0) is 6.42 Å². The van der Waals surface area contributed by atoms with Crippen molar-refractivity contribution in [1.29, 1.82) is 0 Å². The number of benzene rings is 1. The van der Waals surface area contributed by atoms with Gasteiger partial charge in [0.2, 0.25) is 11.5 Å². The van der Waals surface area contributed by atoms with Crippen molar-refractivity contribution in [3.05, 3.63) is 11.1 Å². The molecule has 1 aromatic carbocycles. The van der Waals surface area contributed by atoms with E-state index < -0.39 is 17.5 Å². The minimum Gasteiger partial charge on any atom is -0.504 e. The summed E-state index contributed by atoms with van der Waals surface area (Å²) in [5, 5.41) is 28.6. The van der Waals surface area contributed by atoms with Crippen molar-refractivity contribution in [2.45, 2.75) is 19.8 Å². The van der Waals surface area contributed by atoms with Crippen molar-refractivity contribution in [3.63, 3.8) is 0 Å². The Morgan fingerprint density at radius 3 is 2.06 bits per heavy atom. The van der Waals surface area contributed by atoms with Gasteiger partial charge in [0.05, 0.1) is 14.2 Å². The Labute approximate surface area is 104 Å². The zero-order valence-electron chi connectivity index (χ0n) is 10.5. The zero-order chi connectivity index (χ0) is 13.9. The number of phenols is 2. The first-order valence-corrected chi connectivity index (χ1v) is 5.41. The van der Waals surface area contributed by atoms with E-state index in [9.17, 15) is 15.0 Å². The number of carboxylic acid groups (broad SMARTS) is 1. The van der Waals surface area contributed by atoms with E-state index >= 15 is 0 Å². The molecular formula is C12H16O6. The highest BCUT2D eigenvalue weighted by molar-refractivity contribution is 5.95. The number of carboxylic acids is 1. The van der Waals surface area contributed by atoms with Gasteiger partial charge in [0.25, 0.3) is 0 Å². The van der Waals surface area contributed by atoms with Gasteiger partial charge in [-0.05, 0) is 6.42 Å². The van der Waals surface area contributed by atoms with E-state index in [4.69, 9.17) is 14.6 Å². The van der Waals surface area contributed by atoms with Crippen LogP contribution in [0.5, 0.6) is 23.0 Å². The number of phenolic OH excluding ortho intramolecular Hbond substituents is 1. The molecule has 0 bridgehead atoms. The number of methoxy groups -OCH3 is 2. The van der Waals surface area contributed by atoms with E-state index in [1.807, 2.05) is 6.92 Å². The van der Waals surface area contributed by atoms with Gasteiger partial charge in [0.1, 0.15) is 5.56 Å². The number of carbonyl (C=O) groups is 1. The second kappa shape index (κ2) is 5.48. The number of hydrogen-bond acceptors (Lipinski definition) is 5. The Morgan fingerprint density at radius 2 is 1.67 bits per heavy atom. The monoisotopic (exact) mass is 256 g/mol. The number of rotatable bonds is 5. The van der Waals surface area contributed by atoms with Gasteiger partial charge in [-0.15, -0.1) is 0 Å². The van der Waals surface area contributed by atoms with Crippen LogP contribution >= 0.6 is 0 Å². The minimum absolute atomic E-state index is 0.0662. The zero-order valence-corrected chi connectivity index (χ0v) is 10.5. The van der Waals surface area contributed by atoms with E-state index in [0.29, 0.717) is 18.4 Å². The SMILES string of the molecule is CCCc1c(OC)c(OC)c(O)c(O)c1C(=O)O. The molecule has 6 heteroatoms. The lowest BCUT2D eigenvalue weighted by Crippen LogP contribution is -2.07. The molecular weight excluding hydrogens is 240 g/mol. The molecule has 0 atom stereocenters. The lowest BCUT2D eigenvalue weighted by molar-refractivity contribution is 0.0691. The maximum atomic E-state index is 11.2. The molecule has 18 heavy (non-hydrogen) atoms. The smallest absolute Gasteiger partial charge is 0.340 e. The summed E-state index contributed by atoms with van der Waals surface area (Å²) < 4.78 is 10.0. The fraction of sp³-hybridized carbons (Fsp3) is 0.417. The average Bonchev–Trinajstić information content (AvgIpc) is 2.33. The standard InChI is InChI=1S/C12H16O6/c1-4-5-6-7(12(15)16)8(13)9(14)11(18-3)10(6)17-2/h13-14H,4-5H2,1-3H3,(H,15,16). The predicted octanol–water partition coefficient (Wildman–Crippen LogP) is 1.77. The Balaban J connectivity index is 3.70. The van der Waals surface area contributed by atoms with Crippen LogP contribution in [0.2, 0.25) is 0 Å². The molecule has 1 rings (SSSR count). The minimum atomic E-state index is -1.33. The fourth-order valence-corrected chi connectivity index (χ4v) is 1.85. The van der Waals surface area contributed by atoms with Crippen LogP contribution in [0.25, 0.3) is 0 Å². The second-order valence-electron chi connectivity index (χ2n) is 3.67. The van der Waals surface area contributed by atoms with Crippen LogP contribution in [0.15, 0.2) is 0 Å². The first kappa shape index (κ1) is 14.0. The van der Waals surface area contributed by atoms with Gasteiger partial charge < -0.3 is 24.8 Å². The summed E-state index contributed by atoms with van der Waals surface area (Å²) in [4.78, 5) is 11.2. The Kier molecular flexibility index (Phi) is 4.25. The summed E-state index contributed by atoms with van der Waals surface area (Å²) >= 11 is 0. The fourth-order valence-electron chi connectivity index (χ4n) is 1.85. The number of aromatic hydroxyl groups is 2. The first-order valence-electron chi connectivity index (χ1n) is 5.41. The van der Waals surface area contributed by atoms with Gasteiger partial charge in [-0.1, -0.05) is 13.3 Å². The van der Waals surface area contributed by atoms with Crippen molar-refractivity contribution >= 4 is 5.97 Å². The van der Waals surface area contributed by atoms with Crippen molar-refractivity contribution in [1.82, 2.24) is 0 Å². The molecule has 0 amide bonds. The summed E-state index contributed by atoms with van der Waals surface area (Å²) in [5.41, 5.74) is -0.0494. The number of aromatic carboxylic acids is 1. The molecule has 0 aliphatic heterocycles. The van der Waals surface area contributed by atoms with E-state index in [-0.39, 0.29) is 17.1 Å². The summed E-state index contributed by atoms with van der Waals surface area (Å²) in [6.07, 6.45) is 1.04. The molecule has 100 valence electrons. The highest BCUT2D eigenvalue weighted by Gasteiger charge is 2.28. The van der Waals surface area contributed by atoms with Crippen molar-refractivity contribution < 1.29 is 29.6 Å². The molecule has 0 heterocycles. The Morgan fingerprint density at radius 1 is 1.11 bits per heavy atom. The largest absolute Gasteiger partial charge is 0.504 e. The molecule has 6 nitrogen and oxygen atoms in total. The summed E-state index contributed by atoms with van der Waals surface area (Å²) in [6.45, 7) is 1.86. The van der Waals surface area contributed by atoms with Crippen molar-refractivity contribution in [3.8, 4) is 23.0 Å². The van der Waals surface area contributed by atoms with E-state index in [1.165, 1.54) is 14.2 Å². The quantitative estimate of drug-likeness (QED) is 0.695. The molecule has 0 fully saturated rings. The molecule has 0 unspecified atom stereocenters. The van der Waals surface area contributed by atoms with Crippen LogP contribution in [-0.4, -0.2) is 35.5 Å². The Bertz CT molecular complexity index is 466. The maximum absolute atomic E-state index is 11.2. The molecule has 0 aliphatic carbocycles.